The Kier molecular flexibility index (Phi) is 4.92. The minimum atomic E-state index is 0.586. The number of hydrogen-bond donors (Lipinski definition) is 2. The molecule has 0 radical (unpaired) electrons. The van der Waals surface area contributed by atoms with Gasteiger partial charge in [0.25, 0.3) is 0 Å². The molecule has 1 aromatic rings. The molecule has 2 fully saturated rings. The molecule has 2 bridgehead atoms. The Morgan fingerprint density at radius 2 is 2.10 bits per heavy atom. The number of fused-ring (bicyclic) bond motifs is 2. The lowest BCUT2D eigenvalue weighted by Crippen LogP contribution is -2.44. The summed E-state index contributed by atoms with van der Waals surface area (Å²) in [6, 6.07) is 6.21. The van der Waals surface area contributed by atoms with E-state index in [1.807, 2.05) is 12.1 Å². The van der Waals surface area contributed by atoms with Crippen LogP contribution in [0.15, 0.2) is 18.2 Å². The van der Waals surface area contributed by atoms with Crippen LogP contribution in [-0.4, -0.2) is 17.7 Å². The standard InChI is InChI=1S/C16H20Cl2N2S/c17-13-4-3-11(14(18)9-13)5-6-19-16(21)20-15-8-10-1-2-12(15)7-10/h3-4,9-10,12,15H,1-2,5-8H2,(H2,19,20,21)/t10-,12-,15-/m1/s1. The number of halogens is 2. The van der Waals surface area contributed by atoms with Crippen molar-refractivity contribution in [3.8, 4) is 0 Å². The second kappa shape index (κ2) is 6.72. The van der Waals surface area contributed by atoms with Crippen molar-refractivity contribution in [1.29, 1.82) is 0 Å². The van der Waals surface area contributed by atoms with Crippen molar-refractivity contribution < 1.29 is 0 Å². The molecule has 0 saturated heterocycles. The van der Waals surface area contributed by atoms with E-state index >= 15 is 0 Å². The highest BCUT2D eigenvalue weighted by atomic mass is 35.5. The van der Waals surface area contributed by atoms with Crippen LogP contribution in [-0.2, 0) is 6.42 Å². The molecule has 0 heterocycles. The van der Waals surface area contributed by atoms with Crippen LogP contribution in [0.25, 0.3) is 0 Å². The average molecular weight is 343 g/mol. The highest BCUT2D eigenvalue weighted by Gasteiger charge is 2.39. The van der Waals surface area contributed by atoms with Crippen molar-refractivity contribution in [2.24, 2.45) is 11.8 Å². The summed E-state index contributed by atoms with van der Waals surface area (Å²) in [7, 11) is 0. The zero-order valence-electron chi connectivity index (χ0n) is 11.9. The van der Waals surface area contributed by atoms with Gasteiger partial charge in [0.2, 0.25) is 0 Å². The lowest BCUT2D eigenvalue weighted by molar-refractivity contribution is 0.389. The van der Waals surface area contributed by atoms with Gasteiger partial charge in [0, 0.05) is 22.6 Å². The van der Waals surface area contributed by atoms with Crippen LogP contribution < -0.4 is 10.6 Å². The molecule has 0 aliphatic heterocycles. The van der Waals surface area contributed by atoms with Crippen LogP contribution in [0.2, 0.25) is 10.0 Å². The van der Waals surface area contributed by atoms with Crippen LogP contribution in [0.3, 0.4) is 0 Å². The fraction of sp³-hybridized carbons (Fsp3) is 0.562. The van der Waals surface area contributed by atoms with Crippen LogP contribution in [0.5, 0.6) is 0 Å². The zero-order valence-corrected chi connectivity index (χ0v) is 14.2. The second-order valence-corrected chi connectivity index (χ2v) is 7.42. The zero-order chi connectivity index (χ0) is 14.8. The molecule has 5 heteroatoms. The van der Waals surface area contributed by atoms with E-state index < -0.39 is 0 Å². The van der Waals surface area contributed by atoms with E-state index in [0.717, 1.165) is 40.5 Å². The normalized spacial score (nSPS) is 26.9. The molecule has 2 saturated carbocycles. The number of hydrogen-bond acceptors (Lipinski definition) is 1. The molecule has 0 aromatic heterocycles. The molecule has 2 nitrogen and oxygen atoms in total. The van der Waals surface area contributed by atoms with Crippen LogP contribution in [0.4, 0.5) is 0 Å². The van der Waals surface area contributed by atoms with Gasteiger partial charge in [-0.1, -0.05) is 35.7 Å². The summed E-state index contributed by atoms with van der Waals surface area (Å²) in [4.78, 5) is 0. The summed E-state index contributed by atoms with van der Waals surface area (Å²) >= 11 is 17.5. The van der Waals surface area contributed by atoms with Gasteiger partial charge in [0.1, 0.15) is 0 Å². The number of benzene rings is 1. The first-order valence-electron chi connectivity index (χ1n) is 7.60. The van der Waals surface area contributed by atoms with Crippen LogP contribution in [0.1, 0.15) is 31.2 Å². The maximum Gasteiger partial charge on any atom is 0.166 e. The monoisotopic (exact) mass is 342 g/mol. The molecule has 114 valence electrons. The summed E-state index contributed by atoms with van der Waals surface area (Å²) in [5.41, 5.74) is 1.09. The van der Waals surface area contributed by atoms with Crippen molar-refractivity contribution >= 4 is 40.5 Å². The van der Waals surface area contributed by atoms with Crippen molar-refractivity contribution in [2.75, 3.05) is 6.54 Å². The van der Waals surface area contributed by atoms with Gasteiger partial charge in [-0.15, -0.1) is 0 Å². The molecule has 2 aliphatic carbocycles. The Hall–Kier alpha value is -0.510. The fourth-order valence-corrected chi connectivity index (χ4v) is 4.43. The third-order valence-corrected chi connectivity index (χ3v) is 5.60. The van der Waals surface area contributed by atoms with Crippen LogP contribution >= 0.6 is 35.4 Å². The highest BCUT2D eigenvalue weighted by Crippen LogP contribution is 2.44. The Morgan fingerprint density at radius 3 is 2.76 bits per heavy atom. The Bertz CT molecular complexity index is 535. The minimum Gasteiger partial charge on any atom is -0.362 e. The maximum absolute atomic E-state index is 6.16. The molecular weight excluding hydrogens is 323 g/mol. The quantitative estimate of drug-likeness (QED) is 0.802. The Morgan fingerprint density at radius 1 is 1.24 bits per heavy atom. The van der Waals surface area contributed by atoms with E-state index in [0.29, 0.717) is 11.1 Å². The van der Waals surface area contributed by atoms with E-state index in [-0.39, 0.29) is 0 Å². The van der Waals surface area contributed by atoms with Gasteiger partial charge in [-0.25, -0.2) is 0 Å². The van der Waals surface area contributed by atoms with Gasteiger partial charge < -0.3 is 10.6 Å². The SMILES string of the molecule is S=C(NCCc1ccc(Cl)cc1Cl)N[C@@H]1C[C@@H]2CC[C@@H]1C2. The van der Waals surface area contributed by atoms with Gasteiger partial charge in [0.05, 0.1) is 0 Å². The second-order valence-electron chi connectivity index (χ2n) is 6.17. The van der Waals surface area contributed by atoms with Crippen molar-refractivity contribution in [2.45, 2.75) is 38.1 Å². The fourth-order valence-electron chi connectivity index (χ4n) is 3.68. The molecular formula is C16H20Cl2N2S. The number of rotatable bonds is 4. The van der Waals surface area contributed by atoms with Crippen molar-refractivity contribution in [1.82, 2.24) is 10.6 Å². The van der Waals surface area contributed by atoms with Crippen molar-refractivity contribution in [3.05, 3.63) is 33.8 Å². The predicted octanol–water partition coefficient (Wildman–Crippen LogP) is 4.19. The summed E-state index contributed by atoms with van der Waals surface area (Å²) in [5.74, 6) is 1.77. The third-order valence-electron chi connectivity index (χ3n) is 4.75. The van der Waals surface area contributed by atoms with E-state index in [2.05, 4.69) is 10.6 Å². The molecule has 0 spiro atoms. The Balaban J connectivity index is 1.42. The van der Waals surface area contributed by atoms with E-state index in [1.165, 1.54) is 25.7 Å². The van der Waals surface area contributed by atoms with E-state index in [4.69, 9.17) is 35.4 Å². The molecule has 0 unspecified atom stereocenters. The summed E-state index contributed by atoms with van der Waals surface area (Å²) in [5, 5.41) is 8.94. The number of nitrogens with one attached hydrogen (secondary N) is 2. The summed E-state index contributed by atoms with van der Waals surface area (Å²) in [6.07, 6.45) is 6.30. The third kappa shape index (κ3) is 3.82. The molecule has 1 aromatic carbocycles. The first kappa shape index (κ1) is 15.4. The smallest absolute Gasteiger partial charge is 0.166 e. The average Bonchev–Trinajstić information content (AvgIpc) is 3.03. The van der Waals surface area contributed by atoms with Gasteiger partial charge in [-0.2, -0.15) is 0 Å². The molecule has 2 aliphatic rings. The first-order valence-corrected chi connectivity index (χ1v) is 8.76. The molecule has 0 amide bonds. The van der Waals surface area contributed by atoms with Gasteiger partial charge in [-0.3, -0.25) is 0 Å². The predicted molar refractivity (Wildman–Crippen MR) is 93.1 cm³/mol. The lowest BCUT2D eigenvalue weighted by Gasteiger charge is -2.24. The minimum absolute atomic E-state index is 0.586. The van der Waals surface area contributed by atoms with Crippen molar-refractivity contribution in [3.63, 3.8) is 0 Å². The van der Waals surface area contributed by atoms with Gasteiger partial charge >= 0.3 is 0 Å². The molecule has 3 atom stereocenters. The highest BCUT2D eigenvalue weighted by molar-refractivity contribution is 7.80. The van der Waals surface area contributed by atoms with Gasteiger partial charge in [-0.05, 0) is 67.4 Å². The number of thiocarbonyl (C=S) groups is 1. The molecule has 2 N–H and O–H groups in total. The summed E-state index contributed by atoms with van der Waals surface area (Å²) in [6.45, 7) is 0.786. The van der Waals surface area contributed by atoms with Crippen LogP contribution in [0, 0.1) is 11.8 Å². The topological polar surface area (TPSA) is 24.1 Å². The van der Waals surface area contributed by atoms with E-state index in [9.17, 15) is 0 Å². The molecule has 21 heavy (non-hydrogen) atoms. The van der Waals surface area contributed by atoms with E-state index in [1.54, 1.807) is 6.07 Å². The lowest BCUT2D eigenvalue weighted by atomic mass is 9.96. The Labute approximate surface area is 141 Å². The summed E-state index contributed by atoms with van der Waals surface area (Å²) < 4.78 is 0. The molecule has 3 rings (SSSR count). The first-order chi connectivity index (χ1) is 10.1. The van der Waals surface area contributed by atoms with Gasteiger partial charge in [0.15, 0.2) is 5.11 Å². The maximum atomic E-state index is 6.16. The largest absolute Gasteiger partial charge is 0.362 e.